The van der Waals surface area contributed by atoms with E-state index < -0.39 is 17.6 Å². The number of nitrogens with zero attached hydrogens (tertiary/aromatic N) is 1. The quantitative estimate of drug-likeness (QED) is 0.767. The van der Waals surface area contributed by atoms with E-state index in [1.807, 2.05) is 0 Å². The number of carboxylic acids is 1. The molecule has 0 spiro atoms. The van der Waals surface area contributed by atoms with Gasteiger partial charge in [-0.15, -0.1) is 0 Å². The van der Waals surface area contributed by atoms with Gasteiger partial charge in [0.05, 0.1) is 23.4 Å². The molecule has 7 heteroatoms. The third-order valence-corrected chi connectivity index (χ3v) is 3.69. The average Bonchev–Trinajstić information content (AvgIpc) is 2.69. The molecule has 1 heterocycles. The Kier molecular flexibility index (Phi) is 4.01. The number of carboxylic acid groups (broad SMARTS) is 1. The van der Waals surface area contributed by atoms with E-state index in [9.17, 15) is 14.7 Å². The smallest absolute Gasteiger partial charge is 0.337 e. The summed E-state index contributed by atoms with van der Waals surface area (Å²) in [6.07, 6.45) is 0.505. The lowest BCUT2D eigenvalue weighted by Crippen LogP contribution is -2.36. The molecule has 1 aromatic rings. The predicted molar refractivity (Wildman–Crippen MR) is 76.9 cm³/mol. The Morgan fingerprint density at radius 3 is 2.70 bits per heavy atom. The Morgan fingerprint density at radius 1 is 1.45 bits per heavy atom. The number of hydrogen-bond acceptors (Lipinski definition) is 3. The number of urea groups is 1. The van der Waals surface area contributed by atoms with Gasteiger partial charge in [-0.25, -0.2) is 9.59 Å². The minimum atomic E-state index is -1.11. The Hall–Kier alpha value is -1.60. The topological polar surface area (TPSA) is 89.9 Å². The van der Waals surface area contributed by atoms with E-state index in [1.165, 1.54) is 17.0 Å². The highest BCUT2D eigenvalue weighted by Gasteiger charge is 2.34. The molecule has 0 aliphatic carbocycles. The van der Waals surface area contributed by atoms with E-state index >= 15 is 0 Å². The summed E-state index contributed by atoms with van der Waals surface area (Å²) in [5, 5.41) is 21.5. The van der Waals surface area contributed by atoms with E-state index in [-0.39, 0.29) is 17.8 Å². The SMILES string of the molecule is CC1(O)CCN(C(=O)Nc2cc(Br)ccc2C(=O)O)C1. The molecule has 1 unspecified atom stereocenters. The molecule has 1 aliphatic rings. The third kappa shape index (κ3) is 3.29. The fourth-order valence-electron chi connectivity index (χ4n) is 2.12. The van der Waals surface area contributed by atoms with Crippen LogP contribution in [0.2, 0.25) is 0 Å². The number of aromatic carboxylic acids is 1. The maximum absolute atomic E-state index is 12.1. The monoisotopic (exact) mass is 342 g/mol. The Morgan fingerprint density at radius 2 is 2.15 bits per heavy atom. The summed E-state index contributed by atoms with van der Waals surface area (Å²) in [6, 6.07) is 4.14. The Balaban J connectivity index is 2.16. The molecular formula is C13H15BrN2O4. The number of aliphatic hydroxyl groups is 1. The van der Waals surface area contributed by atoms with Crippen molar-refractivity contribution in [2.45, 2.75) is 18.9 Å². The molecule has 3 N–H and O–H groups in total. The van der Waals surface area contributed by atoms with Crippen molar-refractivity contribution >= 4 is 33.6 Å². The average molecular weight is 343 g/mol. The van der Waals surface area contributed by atoms with Crippen molar-refractivity contribution in [3.8, 4) is 0 Å². The zero-order valence-electron chi connectivity index (χ0n) is 10.9. The first-order valence-corrected chi connectivity index (χ1v) is 6.89. The normalized spacial score (nSPS) is 21.9. The van der Waals surface area contributed by atoms with Gasteiger partial charge in [-0.05, 0) is 31.5 Å². The number of β-amino-alcohol motifs (C(OH)–C–C–N with tert-alkyl or cyclic N) is 1. The molecule has 6 nitrogen and oxygen atoms in total. The van der Waals surface area contributed by atoms with Crippen molar-refractivity contribution < 1.29 is 19.8 Å². The van der Waals surface area contributed by atoms with Gasteiger partial charge in [-0.3, -0.25) is 0 Å². The van der Waals surface area contributed by atoms with Crippen LogP contribution in [0, 0.1) is 0 Å². The number of benzene rings is 1. The van der Waals surface area contributed by atoms with Gasteiger partial charge in [0.15, 0.2) is 0 Å². The van der Waals surface area contributed by atoms with Crippen LogP contribution in [0.25, 0.3) is 0 Å². The second-order valence-electron chi connectivity index (χ2n) is 5.09. The second kappa shape index (κ2) is 5.41. The fourth-order valence-corrected chi connectivity index (χ4v) is 2.48. The molecule has 0 radical (unpaired) electrons. The number of nitrogens with one attached hydrogen (secondary N) is 1. The first-order chi connectivity index (χ1) is 9.28. The maximum Gasteiger partial charge on any atom is 0.337 e. The van der Waals surface area contributed by atoms with Gasteiger partial charge in [0.1, 0.15) is 0 Å². The fraction of sp³-hybridized carbons (Fsp3) is 0.385. The molecule has 1 atom stereocenters. The summed E-state index contributed by atoms with van der Waals surface area (Å²) >= 11 is 3.24. The molecule has 1 aromatic carbocycles. The minimum Gasteiger partial charge on any atom is -0.478 e. The number of anilines is 1. The first kappa shape index (κ1) is 14.8. The van der Waals surface area contributed by atoms with E-state index in [4.69, 9.17) is 5.11 Å². The summed E-state index contributed by atoms with van der Waals surface area (Å²) in [6.45, 7) is 2.34. The summed E-state index contributed by atoms with van der Waals surface area (Å²) in [7, 11) is 0. The number of carbonyl (C=O) groups excluding carboxylic acids is 1. The van der Waals surface area contributed by atoms with E-state index in [2.05, 4.69) is 21.2 Å². The Bertz CT molecular complexity index is 559. The van der Waals surface area contributed by atoms with E-state index in [0.717, 1.165) is 0 Å². The lowest BCUT2D eigenvalue weighted by Gasteiger charge is -2.20. The van der Waals surface area contributed by atoms with Crippen molar-refractivity contribution in [3.63, 3.8) is 0 Å². The summed E-state index contributed by atoms with van der Waals surface area (Å²) in [4.78, 5) is 24.7. The van der Waals surface area contributed by atoms with Crippen molar-refractivity contribution in [1.82, 2.24) is 4.90 Å². The number of carbonyl (C=O) groups is 2. The van der Waals surface area contributed by atoms with Gasteiger partial charge in [-0.2, -0.15) is 0 Å². The molecule has 0 bridgehead atoms. The van der Waals surface area contributed by atoms with Crippen molar-refractivity contribution in [1.29, 1.82) is 0 Å². The lowest BCUT2D eigenvalue weighted by molar-refractivity contribution is 0.0695. The van der Waals surface area contributed by atoms with E-state index in [1.54, 1.807) is 13.0 Å². The van der Waals surface area contributed by atoms with Gasteiger partial charge in [-0.1, -0.05) is 15.9 Å². The number of hydrogen-bond donors (Lipinski definition) is 3. The van der Waals surface area contributed by atoms with Crippen LogP contribution in [0.3, 0.4) is 0 Å². The number of rotatable bonds is 2. The molecular weight excluding hydrogens is 328 g/mol. The van der Waals surface area contributed by atoms with E-state index in [0.29, 0.717) is 17.4 Å². The number of halogens is 1. The van der Waals surface area contributed by atoms with Crippen LogP contribution in [0.4, 0.5) is 10.5 Å². The lowest BCUT2D eigenvalue weighted by atomic mass is 10.1. The van der Waals surface area contributed by atoms with Gasteiger partial charge in [0, 0.05) is 11.0 Å². The van der Waals surface area contributed by atoms with Gasteiger partial charge in [0.2, 0.25) is 0 Å². The standard InChI is InChI=1S/C13H15BrN2O4/c1-13(20)4-5-16(7-13)12(19)15-10-6-8(14)2-3-9(10)11(17)18/h2-3,6,20H,4-5,7H2,1H3,(H,15,19)(H,17,18). The number of amides is 2. The van der Waals surface area contributed by atoms with Crippen LogP contribution in [-0.4, -0.2) is 45.8 Å². The summed E-state index contributed by atoms with van der Waals surface area (Å²) in [5.41, 5.74) is -0.638. The summed E-state index contributed by atoms with van der Waals surface area (Å²) < 4.78 is 0.672. The second-order valence-corrected chi connectivity index (χ2v) is 6.01. The highest BCUT2D eigenvalue weighted by Crippen LogP contribution is 2.24. The minimum absolute atomic E-state index is 0.0208. The van der Waals surface area contributed by atoms with Crippen molar-refractivity contribution in [2.24, 2.45) is 0 Å². The third-order valence-electron chi connectivity index (χ3n) is 3.19. The van der Waals surface area contributed by atoms with Gasteiger partial charge in [0.25, 0.3) is 0 Å². The first-order valence-electron chi connectivity index (χ1n) is 6.10. The molecule has 2 amide bonds. The molecule has 0 saturated carbocycles. The highest BCUT2D eigenvalue weighted by atomic mass is 79.9. The van der Waals surface area contributed by atoms with Crippen molar-refractivity contribution in [3.05, 3.63) is 28.2 Å². The van der Waals surface area contributed by atoms with Crippen LogP contribution in [0.5, 0.6) is 0 Å². The molecule has 0 aromatic heterocycles. The van der Waals surface area contributed by atoms with Gasteiger partial charge >= 0.3 is 12.0 Å². The largest absolute Gasteiger partial charge is 0.478 e. The zero-order chi connectivity index (χ0) is 14.9. The van der Waals surface area contributed by atoms with Crippen molar-refractivity contribution in [2.75, 3.05) is 18.4 Å². The molecule has 1 aliphatic heterocycles. The Labute approximate surface area is 124 Å². The van der Waals surface area contributed by atoms with Gasteiger partial charge < -0.3 is 20.4 Å². The highest BCUT2D eigenvalue weighted by molar-refractivity contribution is 9.10. The molecule has 20 heavy (non-hydrogen) atoms. The molecule has 2 rings (SSSR count). The number of likely N-dealkylation sites (tertiary alicyclic amines) is 1. The van der Waals surface area contributed by atoms with Crippen LogP contribution in [0.1, 0.15) is 23.7 Å². The maximum atomic E-state index is 12.1. The molecule has 108 valence electrons. The zero-order valence-corrected chi connectivity index (χ0v) is 12.5. The van der Waals surface area contributed by atoms with Crippen LogP contribution >= 0.6 is 15.9 Å². The summed E-state index contributed by atoms with van der Waals surface area (Å²) in [5.74, 6) is -1.11. The van der Waals surface area contributed by atoms with Crippen LogP contribution in [0.15, 0.2) is 22.7 Å². The molecule has 1 saturated heterocycles. The predicted octanol–water partition coefficient (Wildman–Crippen LogP) is 2.14. The van der Waals surface area contributed by atoms with Crippen LogP contribution in [-0.2, 0) is 0 Å². The molecule has 1 fully saturated rings. The van der Waals surface area contributed by atoms with Crippen LogP contribution < -0.4 is 5.32 Å².